The van der Waals surface area contributed by atoms with Gasteiger partial charge in [-0.2, -0.15) is 5.10 Å². The lowest BCUT2D eigenvalue weighted by atomic mass is 10.0. The Labute approximate surface area is 189 Å². The van der Waals surface area contributed by atoms with Crippen molar-refractivity contribution < 1.29 is 18.7 Å². The van der Waals surface area contributed by atoms with Crippen LogP contribution in [0.1, 0.15) is 26.5 Å². The zero-order valence-electron chi connectivity index (χ0n) is 18.5. The number of aryl methyl sites for hydroxylation is 3. The maximum Gasteiger partial charge on any atom is 0.350 e. The molecule has 0 amide bonds. The molecule has 0 unspecified atom stereocenters. The van der Waals surface area contributed by atoms with Crippen molar-refractivity contribution >= 4 is 33.4 Å². The minimum absolute atomic E-state index is 0.412. The molecule has 0 saturated heterocycles. The van der Waals surface area contributed by atoms with Crippen LogP contribution in [-0.2, 0) is 4.74 Å². The van der Waals surface area contributed by atoms with Crippen LogP contribution in [-0.4, -0.2) is 25.2 Å². The quantitative estimate of drug-likeness (QED) is 0.333. The summed E-state index contributed by atoms with van der Waals surface area (Å²) >= 11 is 1.20. The van der Waals surface area contributed by atoms with Crippen LogP contribution in [0.5, 0.6) is 5.75 Å². The number of aromatic nitrogens is 1. The van der Waals surface area contributed by atoms with E-state index >= 15 is 0 Å². The predicted octanol–water partition coefficient (Wildman–Crippen LogP) is 5.20. The third-order valence-corrected chi connectivity index (χ3v) is 6.04. The summed E-state index contributed by atoms with van der Waals surface area (Å²) < 4.78 is 16.3. The van der Waals surface area contributed by atoms with Crippen molar-refractivity contribution in [3.05, 3.63) is 69.5 Å². The second kappa shape index (κ2) is 8.84. The second-order valence-corrected chi connectivity index (χ2v) is 8.33. The molecule has 2 aromatic heterocycles. The zero-order valence-corrected chi connectivity index (χ0v) is 19.3. The van der Waals surface area contributed by atoms with E-state index < -0.39 is 5.97 Å². The number of anilines is 1. The molecular formula is C24H23N3O4S. The first-order valence-corrected chi connectivity index (χ1v) is 10.8. The van der Waals surface area contributed by atoms with Crippen molar-refractivity contribution in [2.24, 2.45) is 5.10 Å². The Morgan fingerprint density at radius 2 is 1.84 bits per heavy atom. The van der Waals surface area contributed by atoms with Crippen molar-refractivity contribution in [2.45, 2.75) is 20.8 Å². The van der Waals surface area contributed by atoms with E-state index in [1.807, 2.05) is 50.2 Å². The summed E-state index contributed by atoms with van der Waals surface area (Å²) in [6, 6.07) is 13.6. The van der Waals surface area contributed by atoms with Crippen LogP contribution in [0.2, 0.25) is 0 Å². The number of fused-ring (bicyclic) bond motifs is 1. The number of benzene rings is 2. The number of nitrogens with zero attached hydrogens (tertiary/aromatic N) is 2. The van der Waals surface area contributed by atoms with Crippen LogP contribution in [0.15, 0.2) is 52.0 Å². The van der Waals surface area contributed by atoms with Crippen molar-refractivity contribution in [3.63, 3.8) is 0 Å². The van der Waals surface area contributed by atoms with Crippen molar-refractivity contribution in [2.75, 3.05) is 19.6 Å². The molecule has 1 N–H and O–H groups in total. The van der Waals surface area contributed by atoms with Gasteiger partial charge >= 0.3 is 5.97 Å². The second-order valence-electron chi connectivity index (χ2n) is 7.33. The van der Waals surface area contributed by atoms with Crippen LogP contribution < -0.4 is 15.5 Å². The molecule has 4 aromatic rings. The molecular weight excluding hydrogens is 426 g/mol. The van der Waals surface area contributed by atoms with E-state index in [-0.39, 0.29) is 0 Å². The maximum absolute atomic E-state index is 11.9. The summed E-state index contributed by atoms with van der Waals surface area (Å²) in [4.78, 5) is 16.7. The van der Waals surface area contributed by atoms with E-state index in [0.717, 1.165) is 33.4 Å². The Balaban J connectivity index is 1.84. The molecule has 0 fully saturated rings. The number of ether oxygens (including phenoxy) is 2. The summed E-state index contributed by atoms with van der Waals surface area (Å²) in [7, 11) is 2.99. The topological polar surface area (TPSA) is 86.0 Å². The van der Waals surface area contributed by atoms with E-state index in [4.69, 9.17) is 13.9 Å². The Kier molecular flexibility index (Phi) is 5.96. The highest BCUT2D eigenvalue weighted by Crippen LogP contribution is 2.27. The van der Waals surface area contributed by atoms with Crippen LogP contribution in [0.25, 0.3) is 22.3 Å². The first-order valence-electron chi connectivity index (χ1n) is 9.94. The molecule has 2 aromatic carbocycles. The number of thiazole rings is 1. The molecule has 7 nitrogen and oxygen atoms in total. The van der Waals surface area contributed by atoms with Gasteiger partial charge in [0.25, 0.3) is 0 Å². The molecule has 0 bridgehead atoms. The van der Waals surface area contributed by atoms with Crippen LogP contribution in [0.4, 0.5) is 5.13 Å². The third-order valence-electron chi connectivity index (χ3n) is 5.00. The van der Waals surface area contributed by atoms with Gasteiger partial charge < -0.3 is 13.9 Å². The number of esters is 1. The fraction of sp³-hybridized carbons (Fsp3) is 0.208. The van der Waals surface area contributed by atoms with Crippen molar-refractivity contribution in [1.29, 1.82) is 0 Å². The van der Waals surface area contributed by atoms with E-state index in [1.54, 1.807) is 14.0 Å². The van der Waals surface area contributed by atoms with Gasteiger partial charge in [-0.1, -0.05) is 17.4 Å². The van der Waals surface area contributed by atoms with Gasteiger partial charge in [-0.25, -0.2) is 9.78 Å². The van der Waals surface area contributed by atoms with Crippen molar-refractivity contribution in [3.8, 4) is 17.1 Å². The van der Waals surface area contributed by atoms with Gasteiger partial charge in [0, 0.05) is 17.0 Å². The van der Waals surface area contributed by atoms with Gasteiger partial charge in [-0.05, 0) is 62.2 Å². The Bertz CT molecular complexity index is 1370. The first-order chi connectivity index (χ1) is 15.4. The number of methoxy groups -OCH3 is 2. The fourth-order valence-corrected chi connectivity index (χ4v) is 4.33. The summed E-state index contributed by atoms with van der Waals surface area (Å²) in [5.74, 6) is 1.04. The average Bonchev–Trinajstić information content (AvgIpc) is 3.16. The Morgan fingerprint density at radius 1 is 1.09 bits per heavy atom. The normalized spacial score (nSPS) is 11.6. The smallest absolute Gasteiger partial charge is 0.350 e. The van der Waals surface area contributed by atoms with Gasteiger partial charge in [-0.15, -0.1) is 0 Å². The highest BCUT2D eigenvalue weighted by atomic mass is 32.1. The number of carbonyl (C=O) groups is 1. The largest absolute Gasteiger partial charge is 0.497 e. The van der Waals surface area contributed by atoms with Crippen LogP contribution in [0.3, 0.4) is 0 Å². The van der Waals surface area contributed by atoms with Crippen molar-refractivity contribution in [1.82, 2.24) is 4.98 Å². The Morgan fingerprint density at radius 3 is 2.53 bits per heavy atom. The number of hydrogen-bond donors (Lipinski definition) is 1. The van der Waals surface area contributed by atoms with E-state index in [9.17, 15) is 4.79 Å². The monoisotopic (exact) mass is 449 g/mol. The van der Waals surface area contributed by atoms with Gasteiger partial charge in [0.15, 0.2) is 0 Å². The standard InChI is InChI=1S/C24H23N3O4S/c1-13-10-14(2)21-18(26-27-24-25-15(3)22(32-24)23(28)30-5)12-19(31-20(21)11-13)16-6-8-17(29-4)9-7-16/h6-12H,1-5H3,(H,25,27). The summed E-state index contributed by atoms with van der Waals surface area (Å²) in [5, 5.41) is 6.74. The number of hydrogen-bond acceptors (Lipinski definition) is 8. The van der Waals surface area contributed by atoms with E-state index in [0.29, 0.717) is 26.8 Å². The summed E-state index contributed by atoms with van der Waals surface area (Å²) in [6.07, 6.45) is 0. The minimum atomic E-state index is -0.412. The lowest BCUT2D eigenvalue weighted by molar-refractivity contribution is 0.0605. The molecule has 0 aliphatic carbocycles. The molecule has 2 heterocycles. The third kappa shape index (κ3) is 4.22. The average molecular weight is 450 g/mol. The molecule has 4 rings (SSSR count). The molecule has 0 radical (unpaired) electrons. The SMILES string of the molecule is COC(=O)c1sc(NN=c2cc(-c3ccc(OC)cc3)oc3cc(C)cc(C)c23)nc1C. The highest BCUT2D eigenvalue weighted by molar-refractivity contribution is 7.17. The molecule has 32 heavy (non-hydrogen) atoms. The van der Waals surface area contributed by atoms with E-state index in [2.05, 4.69) is 21.6 Å². The number of carbonyl (C=O) groups excluding carboxylic acids is 1. The van der Waals surface area contributed by atoms with Gasteiger partial charge in [-0.3, -0.25) is 5.43 Å². The molecule has 0 aliphatic rings. The van der Waals surface area contributed by atoms with E-state index in [1.165, 1.54) is 18.4 Å². The molecule has 8 heteroatoms. The molecule has 164 valence electrons. The summed E-state index contributed by atoms with van der Waals surface area (Å²) in [5.41, 5.74) is 7.38. The van der Waals surface area contributed by atoms with Crippen LogP contribution >= 0.6 is 11.3 Å². The fourth-order valence-electron chi connectivity index (χ4n) is 3.50. The first kappa shape index (κ1) is 21.6. The Hall–Kier alpha value is -3.65. The molecule has 0 atom stereocenters. The predicted molar refractivity (Wildman–Crippen MR) is 125 cm³/mol. The highest BCUT2D eigenvalue weighted by Gasteiger charge is 2.15. The van der Waals surface area contributed by atoms with Crippen LogP contribution in [0, 0.1) is 20.8 Å². The minimum Gasteiger partial charge on any atom is -0.497 e. The maximum atomic E-state index is 11.9. The molecule has 0 spiro atoms. The van der Waals surface area contributed by atoms with Gasteiger partial charge in [0.2, 0.25) is 5.13 Å². The lowest BCUT2D eigenvalue weighted by Gasteiger charge is -2.09. The zero-order chi connectivity index (χ0) is 22.8. The van der Waals surface area contributed by atoms with Gasteiger partial charge in [0.1, 0.15) is 22.0 Å². The lowest BCUT2D eigenvalue weighted by Crippen LogP contribution is -2.09. The summed E-state index contributed by atoms with van der Waals surface area (Å²) in [6.45, 7) is 5.82. The molecule has 0 aliphatic heterocycles. The number of nitrogens with one attached hydrogen (secondary N) is 1. The number of rotatable bonds is 5. The van der Waals surface area contributed by atoms with Gasteiger partial charge in [0.05, 0.1) is 25.3 Å². The molecule has 0 saturated carbocycles.